The van der Waals surface area contributed by atoms with Crippen molar-refractivity contribution in [1.29, 1.82) is 0 Å². The second-order valence-electron chi connectivity index (χ2n) is 8.85. The molecule has 3 rings (SSSR count). The van der Waals surface area contributed by atoms with Crippen LogP contribution in [0.3, 0.4) is 0 Å². The Hall–Kier alpha value is -2.59. The second-order valence-corrected chi connectivity index (χ2v) is 12.4. The highest BCUT2D eigenvalue weighted by Gasteiger charge is 2.33. The number of halogens is 3. The Balaban J connectivity index is 2.03. The number of nitrogens with zero attached hydrogens (tertiary/aromatic N) is 2. The topological polar surface area (TPSA) is 86.8 Å². The zero-order valence-corrected chi connectivity index (χ0v) is 25.5. The molecule has 0 aliphatic heterocycles. The van der Waals surface area contributed by atoms with Crippen LogP contribution in [0.2, 0.25) is 10.0 Å². The van der Waals surface area contributed by atoms with Gasteiger partial charge < -0.3 is 10.2 Å². The van der Waals surface area contributed by atoms with E-state index in [0.29, 0.717) is 26.6 Å². The van der Waals surface area contributed by atoms with Crippen LogP contribution >= 0.6 is 39.1 Å². The van der Waals surface area contributed by atoms with Gasteiger partial charge in [-0.05, 0) is 55.8 Å². The molecule has 1 N–H and O–H groups in total. The van der Waals surface area contributed by atoms with E-state index in [1.165, 1.54) is 17.0 Å². The van der Waals surface area contributed by atoms with Crippen molar-refractivity contribution in [2.45, 2.75) is 44.2 Å². The fourth-order valence-corrected chi connectivity index (χ4v) is 6.18. The number of carbonyl (C=O) groups is 2. The first-order valence-corrected chi connectivity index (χ1v) is 15.4. The number of amides is 2. The lowest BCUT2D eigenvalue weighted by Crippen LogP contribution is -2.51. The molecule has 7 nitrogen and oxygen atoms in total. The Morgan fingerprint density at radius 3 is 2.23 bits per heavy atom. The number of sulfonamides is 1. The van der Waals surface area contributed by atoms with Crippen molar-refractivity contribution >= 4 is 66.7 Å². The molecule has 0 bridgehead atoms. The lowest BCUT2D eigenvalue weighted by molar-refractivity contribution is -0.139. The van der Waals surface area contributed by atoms with Gasteiger partial charge in [-0.1, -0.05) is 82.8 Å². The molecule has 0 aromatic heterocycles. The van der Waals surface area contributed by atoms with Crippen LogP contribution in [0.5, 0.6) is 0 Å². The minimum atomic E-state index is -4.14. The van der Waals surface area contributed by atoms with Gasteiger partial charge >= 0.3 is 0 Å². The van der Waals surface area contributed by atoms with Gasteiger partial charge in [0.2, 0.25) is 11.8 Å². The number of rotatable bonds is 12. The van der Waals surface area contributed by atoms with Crippen molar-refractivity contribution in [1.82, 2.24) is 10.2 Å². The van der Waals surface area contributed by atoms with Crippen LogP contribution in [0, 0.1) is 0 Å². The van der Waals surface area contributed by atoms with Gasteiger partial charge in [-0.15, -0.1) is 0 Å². The highest BCUT2D eigenvalue weighted by Crippen LogP contribution is 2.29. The molecule has 0 saturated carbocycles. The Labute approximate surface area is 248 Å². The Morgan fingerprint density at radius 2 is 1.62 bits per heavy atom. The van der Waals surface area contributed by atoms with Gasteiger partial charge in [-0.2, -0.15) is 0 Å². The van der Waals surface area contributed by atoms with E-state index in [0.717, 1.165) is 17.1 Å². The zero-order chi connectivity index (χ0) is 28.6. The van der Waals surface area contributed by atoms with Crippen molar-refractivity contribution in [2.24, 2.45) is 0 Å². The Morgan fingerprint density at radius 1 is 0.974 bits per heavy atom. The highest BCUT2D eigenvalue weighted by atomic mass is 79.9. The molecule has 0 spiro atoms. The number of anilines is 1. The Kier molecular flexibility index (Phi) is 11.2. The number of benzene rings is 3. The first kappa shape index (κ1) is 30.9. The molecule has 0 saturated heterocycles. The average Bonchev–Trinajstić information content (AvgIpc) is 2.91. The lowest BCUT2D eigenvalue weighted by atomic mass is 10.1. The maximum absolute atomic E-state index is 13.9. The minimum Gasteiger partial charge on any atom is -0.354 e. The van der Waals surface area contributed by atoms with Crippen LogP contribution in [0.25, 0.3) is 0 Å². The zero-order valence-electron chi connectivity index (χ0n) is 21.6. The summed E-state index contributed by atoms with van der Waals surface area (Å²) in [5, 5.41) is 3.51. The Bertz CT molecular complexity index is 1390. The van der Waals surface area contributed by atoms with Crippen LogP contribution in [0.4, 0.5) is 5.69 Å². The SMILES string of the molecule is CCCCNC(=O)C(C)N(Cc1c(Cl)cccc1Cl)C(=O)CN(c1cccc(Br)c1)S(=O)(=O)c1ccccc1. The van der Waals surface area contributed by atoms with Crippen molar-refractivity contribution in [3.8, 4) is 0 Å². The van der Waals surface area contributed by atoms with E-state index in [4.69, 9.17) is 23.2 Å². The maximum Gasteiger partial charge on any atom is 0.264 e. The smallest absolute Gasteiger partial charge is 0.264 e. The van der Waals surface area contributed by atoms with E-state index in [1.807, 2.05) is 6.92 Å². The van der Waals surface area contributed by atoms with Gasteiger partial charge in [0.1, 0.15) is 12.6 Å². The summed E-state index contributed by atoms with van der Waals surface area (Å²) in [6.07, 6.45) is 1.68. The standard InChI is InChI=1S/C28H30BrCl2N3O4S/c1-3-4-16-32-28(36)20(2)33(18-24-25(30)14-9-15-26(24)31)27(35)19-34(22-11-8-10-21(29)17-22)39(37,38)23-12-6-5-7-13-23/h5-15,17,20H,3-4,16,18-19H2,1-2H3,(H,32,36). The molecule has 0 radical (unpaired) electrons. The predicted molar refractivity (Wildman–Crippen MR) is 160 cm³/mol. The van der Waals surface area contributed by atoms with Gasteiger partial charge in [0.15, 0.2) is 0 Å². The highest BCUT2D eigenvalue weighted by molar-refractivity contribution is 9.10. The molecular formula is C28H30BrCl2N3O4S. The van der Waals surface area contributed by atoms with Gasteiger partial charge in [0, 0.05) is 33.2 Å². The number of hydrogen-bond acceptors (Lipinski definition) is 4. The van der Waals surface area contributed by atoms with Crippen LogP contribution in [0.1, 0.15) is 32.3 Å². The van der Waals surface area contributed by atoms with E-state index in [1.54, 1.807) is 67.6 Å². The predicted octanol–water partition coefficient (Wildman–Crippen LogP) is 6.28. The monoisotopic (exact) mass is 653 g/mol. The normalized spacial score (nSPS) is 12.0. The number of carbonyl (C=O) groups excluding carboxylic acids is 2. The molecule has 208 valence electrons. The largest absolute Gasteiger partial charge is 0.354 e. The summed E-state index contributed by atoms with van der Waals surface area (Å²) in [7, 11) is -4.14. The molecule has 3 aromatic carbocycles. The van der Waals surface area contributed by atoms with Crippen LogP contribution in [0.15, 0.2) is 82.2 Å². The van der Waals surface area contributed by atoms with Crippen molar-refractivity contribution < 1.29 is 18.0 Å². The van der Waals surface area contributed by atoms with E-state index in [9.17, 15) is 18.0 Å². The number of hydrogen-bond donors (Lipinski definition) is 1. The van der Waals surface area contributed by atoms with Crippen molar-refractivity contribution in [3.05, 3.63) is 92.9 Å². The molecule has 39 heavy (non-hydrogen) atoms. The second kappa shape index (κ2) is 14.2. The summed E-state index contributed by atoms with van der Waals surface area (Å²) in [4.78, 5) is 28.3. The first-order chi connectivity index (χ1) is 18.6. The fraction of sp³-hybridized carbons (Fsp3) is 0.286. The van der Waals surface area contributed by atoms with Gasteiger partial charge in [0.05, 0.1) is 10.6 Å². The molecular weight excluding hydrogens is 625 g/mol. The lowest BCUT2D eigenvalue weighted by Gasteiger charge is -2.32. The molecule has 2 amide bonds. The van der Waals surface area contributed by atoms with E-state index >= 15 is 0 Å². The molecule has 1 atom stereocenters. The molecule has 11 heteroatoms. The minimum absolute atomic E-state index is 0.0313. The number of unbranched alkanes of at least 4 members (excludes halogenated alkanes) is 1. The quantitative estimate of drug-likeness (QED) is 0.233. The molecule has 1 unspecified atom stereocenters. The summed E-state index contributed by atoms with van der Waals surface area (Å²) in [6, 6.07) is 18.6. The van der Waals surface area contributed by atoms with Gasteiger partial charge in [0.25, 0.3) is 10.0 Å². The molecule has 3 aromatic rings. The third-order valence-electron chi connectivity index (χ3n) is 6.09. The van der Waals surface area contributed by atoms with E-state index in [2.05, 4.69) is 21.2 Å². The maximum atomic E-state index is 13.9. The summed E-state index contributed by atoms with van der Waals surface area (Å²) in [5.41, 5.74) is 0.750. The summed E-state index contributed by atoms with van der Waals surface area (Å²) in [5.74, 6) is -0.955. The average molecular weight is 655 g/mol. The number of nitrogens with one attached hydrogen (secondary N) is 1. The van der Waals surface area contributed by atoms with Gasteiger partial charge in [-0.3, -0.25) is 13.9 Å². The molecule has 0 aliphatic rings. The van der Waals surface area contributed by atoms with Crippen molar-refractivity contribution in [3.63, 3.8) is 0 Å². The molecule has 0 fully saturated rings. The van der Waals surface area contributed by atoms with Crippen LogP contribution in [-0.4, -0.2) is 44.3 Å². The summed E-state index contributed by atoms with van der Waals surface area (Å²) in [6.45, 7) is 3.43. The third-order valence-corrected chi connectivity index (χ3v) is 9.08. The fourth-order valence-electron chi connectivity index (χ4n) is 3.85. The van der Waals surface area contributed by atoms with E-state index < -0.39 is 28.5 Å². The van der Waals surface area contributed by atoms with Crippen LogP contribution < -0.4 is 9.62 Å². The summed E-state index contributed by atoms with van der Waals surface area (Å²) < 4.78 is 29.2. The third kappa shape index (κ3) is 7.97. The van der Waals surface area contributed by atoms with E-state index in [-0.39, 0.29) is 23.0 Å². The first-order valence-electron chi connectivity index (χ1n) is 12.4. The summed E-state index contributed by atoms with van der Waals surface area (Å²) >= 11 is 16.2. The van der Waals surface area contributed by atoms with Gasteiger partial charge in [-0.25, -0.2) is 8.42 Å². The molecule has 0 aliphatic carbocycles. The molecule has 0 heterocycles. The van der Waals surface area contributed by atoms with Crippen LogP contribution in [-0.2, 0) is 26.2 Å². The van der Waals surface area contributed by atoms with Crippen molar-refractivity contribution in [2.75, 3.05) is 17.4 Å².